The Hall–Kier alpha value is -0.820. The van der Waals surface area contributed by atoms with Crippen molar-refractivity contribution in [2.75, 3.05) is 18.6 Å². The minimum absolute atomic E-state index is 0.450. The van der Waals surface area contributed by atoms with Crippen LogP contribution in [0.2, 0.25) is 0 Å². The van der Waals surface area contributed by atoms with Crippen molar-refractivity contribution in [2.24, 2.45) is 11.3 Å². The van der Waals surface area contributed by atoms with Gasteiger partial charge >= 0.3 is 0 Å². The molecule has 0 aromatic carbocycles. The summed E-state index contributed by atoms with van der Waals surface area (Å²) in [7, 11) is -2.21. The Morgan fingerprint density at radius 3 is 2.65 bits per heavy atom. The van der Waals surface area contributed by atoms with Gasteiger partial charge in [0.05, 0.1) is 0 Å². The van der Waals surface area contributed by atoms with Gasteiger partial charge in [0, 0.05) is 17.5 Å². The average Bonchev–Trinajstić information content (AvgIpc) is 3.00. The molecule has 3 nitrogen and oxygen atoms in total. The predicted molar refractivity (Wildman–Crippen MR) is 85.4 cm³/mol. The van der Waals surface area contributed by atoms with E-state index >= 15 is 0 Å². The van der Waals surface area contributed by atoms with Gasteiger partial charge in [-0.15, -0.1) is 0 Å². The average molecular weight is 292 g/mol. The maximum Gasteiger partial charge on any atom is 0.126 e. The number of hydrogen-bond acceptors (Lipinski definition) is 3. The Morgan fingerprint density at radius 1 is 1.40 bits per heavy atom. The third-order valence-electron chi connectivity index (χ3n) is 5.44. The molecule has 1 aromatic rings. The largest absolute Gasteiger partial charge is 0.367 e. The summed E-state index contributed by atoms with van der Waals surface area (Å²) in [5, 5.41) is 4.49. The van der Waals surface area contributed by atoms with Gasteiger partial charge in [0.25, 0.3) is 0 Å². The van der Waals surface area contributed by atoms with Crippen molar-refractivity contribution in [3.8, 4) is 0 Å². The molecular formula is C16H25N2OP. The predicted octanol–water partition coefficient (Wildman–Crippen LogP) is 3.71. The van der Waals surface area contributed by atoms with E-state index in [9.17, 15) is 4.57 Å². The molecule has 2 fully saturated rings. The third-order valence-corrected chi connectivity index (χ3v) is 6.97. The molecule has 2 bridgehead atoms. The number of anilines is 1. The second-order valence-corrected chi connectivity index (χ2v) is 10.3. The first-order chi connectivity index (χ1) is 9.39. The normalized spacial score (nSPS) is 30.4. The second kappa shape index (κ2) is 4.87. The molecule has 0 aliphatic heterocycles. The quantitative estimate of drug-likeness (QED) is 0.860. The molecule has 1 atom stereocenters. The molecule has 1 aromatic heterocycles. The van der Waals surface area contributed by atoms with E-state index in [1.54, 1.807) is 6.20 Å². The van der Waals surface area contributed by atoms with Crippen LogP contribution in [0.1, 0.15) is 39.0 Å². The molecule has 2 aliphatic rings. The zero-order chi connectivity index (χ0) is 14.4. The zero-order valence-electron chi connectivity index (χ0n) is 12.7. The Bertz CT molecular complexity index is 543. The molecule has 3 rings (SSSR count). The molecule has 1 unspecified atom stereocenters. The summed E-state index contributed by atoms with van der Waals surface area (Å²) < 4.78 is 12.2. The van der Waals surface area contributed by atoms with Crippen molar-refractivity contribution in [1.29, 1.82) is 0 Å². The van der Waals surface area contributed by atoms with Gasteiger partial charge in [0.15, 0.2) is 0 Å². The number of fused-ring (bicyclic) bond motifs is 2. The molecule has 2 aliphatic carbocycles. The van der Waals surface area contributed by atoms with Crippen molar-refractivity contribution in [1.82, 2.24) is 4.98 Å². The topological polar surface area (TPSA) is 42.0 Å². The zero-order valence-corrected chi connectivity index (χ0v) is 13.6. The Labute approximate surface area is 121 Å². The number of nitrogens with zero attached hydrogens (tertiary/aromatic N) is 1. The molecule has 4 heteroatoms. The van der Waals surface area contributed by atoms with Gasteiger partial charge in [-0.1, -0.05) is 0 Å². The summed E-state index contributed by atoms with van der Waals surface area (Å²) in [5.74, 6) is 1.84. The first-order valence-electron chi connectivity index (χ1n) is 7.67. The van der Waals surface area contributed by atoms with Crippen LogP contribution < -0.4 is 10.6 Å². The van der Waals surface area contributed by atoms with Crippen LogP contribution in [0.15, 0.2) is 18.3 Å². The number of hydrogen-bond donors (Lipinski definition) is 1. The molecule has 1 N–H and O–H groups in total. The van der Waals surface area contributed by atoms with Crippen LogP contribution >= 0.6 is 7.14 Å². The lowest BCUT2D eigenvalue weighted by Gasteiger charge is -2.34. The Morgan fingerprint density at radius 2 is 2.10 bits per heavy atom. The molecule has 20 heavy (non-hydrogen) atoms. The van der Waals surface area contributed by atoms with Gasteiger partial charge in [-0.3, -0.25) is 0 Å². The minimum atomic E-state index is -2.21. The fourth-order valence-electron chi connectivity index (χ4n) is 4.05. The maximum atomic E-state index is 12.2. The number of nitrogens with one attached hydrogen (secondary N) is 1. The summed E-state index contributed by atoms with van der Waals surface area (Å²) in [5.41, 5.74) is 0.477. The van der Waals surface area contributed by atoms with Crippen molar-refractivity contribution in [2.45, 2.75) is 45.1 Å². The van der Waals surface area contributed by atoms with Crippen LogP contribution in [0.25, 0.3) is 0 Å². The van der Waals surface area contributed by atoms with Crippen LogP contribution in [0.3, 0.4) is 0 Å². The standard InChI is InChI=1S/C16H25N2OP/c1-12(16-7-4-13(11-16)5-8-16)18-15-10-14(6-9-17-15)20(2,3)19/h6,9-10,12-13H,4-5,7-8,11H2,1-3H3,(H,17,18). The fraction of sp³-hybridized carbons (Fsp3) is 0.688. The van der Waals surface area contributed by atoms with Crippen LogP contribution in [-0.4, -0.2) is 24.4 Å². The van der Waals surface area contributed by atoms with E-state index < -0.39 is 7.14 Å². The lowest BCUT2D eigenvalue weighted by Crippen LogP contribution is -2.35. The third kappa shape index (κ3) is 2.53. The molecule has 2 saturated carbocycles. The molecule has 1 heterocycles. The van der Waals surface area contributed by atoms with Crippen LogP contribution in [0.5, 0.6) is 0 Å². The van der Waals surface area contributed by atoms with Crippen molar-refractivity contribution in [3.63, 3.8) is 0 Å². The van der Waals surface area contributed by atoms with E-state index in [0.717, 1.165) is 17.0 Å². The molecule has 110 valence electrons. The van der Waals surface area contributed by atoms with E-state index in [2.05, 4.69) is 17.2 Å². The first-order valence-corrected chi connectivity index (χ1v) is 10.3. The fourth-order valence-corrected chi connectivity index (χ4v) is 4.91. The monoisotopic (exact) mass is 292 g/mol. The van der Waals surface area contributed by atoms with Gasteiger partial charge < -0.3 is 9.88 Å². The van der Waals surface area contributed by atoms with Crippen molar-refractivity contribution < 1.29 is 4.57 Å². The lowest BCUT2D eigenvalue weighted by atomic mass is 9.78. The van der Waals surface area contributed by atoms with Gasteiger partial charge in [-0.25, -0.2) is 4.98 Å². The second-order valence-electron chi connectivity index (χ2n) is 7.13. The van der Waals surface area contributed by atoms with Crippen molar-refractivity contribution >= 4 is 18.3 Å². The SMILES string of the molecule is CC(Nc1cc(P(C)(C)=O)ccn1)C12CCC(CC1)C2. The Balaban J connectivity index is 1.76. The highest BCUT2D eigenvalue weighted by Crippen LogP contribution is 2.56. The molecular weight excluding hydrogens is 267 g/mol. The smallest absolute Gasteiger partial charge is 0.126 e. The van der Waals surface area contributed by atoms with E-state index in [4.69, 9.17) is 0 Å². The van der Waals surface area contributed by atoms with Crippen molar-refractivity contribution in [3.05, 3.63) is 18.3 Å². The number of rotatable bonds is 4. The summed E-state index contributed by atoms with van der Waals surface area (Å²) >= 11 is 0. The van der Waals surface area contributed by atoms with Gasteiger partial charge in [-0.2, -0.15) is 0 Å². The van der Waals surface area contributed by atoms with Crippen LogP contribution in [0.4, 0.5) is 5.82 Å². The number of aromatic nitrogens is 1. The highest BCUT2D eigenvalue weighted by Gasteiger charge is 2.48. The highest BCUT2D eigenvalue weighted by molar-refractivity contribution is 7.70. The van der Waals surface area contributed by atoms with E-state index in [-0.39, 0.29) is 0 Å². The molecule has 0 radical (unpaired) electrons. The lowest BCUT2D eigenvalue weighted by molar-refractivity contribution is 0.257. The van der Waals surface area contributed by atoms with Crippen LogP contribution in [-0.2, 0) is 4.57 Å². The molecule has 0 amide bonds. The summed E-state index contributed by atoms with van der Waals surface area (Å²) in [6.45, 7) is 5.92. The summed E-state index contributed by atoms with van der Waals surface area (Å²) in [6, 6.07) is 4.29. The van der Waals surface area contributed by atoms with Gasteiger partial charge in [0.1, 0.15) is 13.0 Å². The first kappa shape index (κ1) is 14.1. The summed E-state index contributed by atoms with van der Waals surface area (Å²) in [4.78, 5) is 4.41. The van der Waals surface area contributed by atoms with E-state index in [1.807, 2.05) is 25.5 Å². The van der Waals surface area contributed by atoms with E-state index in [0.29, 0.717) is 11.5 Å². The Kier molecular flexibility index (Phi) is 3.44. The minimum Gasteiger partial charge on any atom is -0.367 e. The molecule has 0 saturated heterocycles. The van der Waals surface area contributed by atoms with Gasteiger partial charge in [0.2, 0.25) is 0 Å². The van der Waals surface area contributed by atoms with Gasteiger partial charge in [-0.05, 0) is 75.8 Å². The summed E-state index contributed by atoms with van der Waals surface area (Å²) in [6.07, 6.45) is 8.66. The number of pyridine rings is 1. The maximum absolute atomic E-state index is 12.2. The van der Waals surface area contributed by atoms with E-state index in [1.165, 1.54) is 32.1 Å². The van der Waals surface area contributed by atoms with Crippen LogP contribution in [0, 0.1) is 11.3 Å². The molecule has 0 spiro atoms. The highest BCUT2D eigenvalue weighted by atomic mass is 31.2.